The van der Waals surface area contributed by atoms with Gasteiger partial charge in [0, 0.05) is 6.42 Å². The summed E-state index contributed by atoms with van der Waals surface area (Å²) in [6, 6.07) is 6.80. The lowest BCUT2D eigenvalue weighted by Crippen LogP contribution is -2.36. The fourth-order valence-electron chi connectivity index (χ4n) is 3.07. The Labute approximate surface area is 104 Å². The first-order valence-electron chi connectivity index (χ1n) is 6.83. The standard InChI is InChI=1S/C16H22O/c1-15(8-9-15)16(2,17)11-12-6-7-13-4-3-5-14(13)10-12/h6-7,10,17H,3-5,8-9,11H2,1-2H3. The summed E-state index contributed by atoms with van der Waals surface area (Å²) in [7, 11) is 0. The molecule has 0 aliphatic heterocycles. The Morgan fingerprint density at radius 2 is 1.94 bits per heavy atom. The molecule has 1 atom stereocenters. The maximum absolute atomic E-state index is 10.6. The lowest BCUT2D eigenvalue weighted by molar-refractivity contribution is -0.00702. The van der Waals surface area contributed by atoms with Crippen molar-refractivity contribution in [1.29, 1.82) is 0 Å². The normalized spacial score (nSPS) is 24.2. The molecule has 92 valence electrons. The molecule has 1 unspecified atom stereocenters. The van der Waals surface area contributed by atoms with Crippen LogP contribution in [-0.4, -0.2) is 10.7 Å². The number of hydrogen-bond acceptors (Lipinski definition) is 1. The smallest absolute Gasteiger partial charge is 0.0713 e. The molecule has 0 spiro atoms. The topological polar surface area (TPSA) is 20.2 Å². The number of aliphatic hydroxyl groups is 1. The molecule has 1 saturated carbocycles. The zero-order chi connectivity index (χ0) is 12.1. The van der Waals surface area contributed by atoms with Crippen LogP contribution in [0.5, 0.6) is 0 Å². The molecule has 1 nitrogen and oxygen atoms in total. The van der Waals surface area contributed by atoms with Crippen LogP contribution in [-0.2, 0) is 19.3 Å². The van der Waals surface area contributed by atoms with E-state index in [4.69, 9.17) is 0 Å². The van der Waals surface area contributed by atoms with Crippen molar-refractivity contribution in [1.82, 2.24) is 0 Å². The van der Waals surface area contributed by atoms with Gasteiger partial charge < -0.3 is 5.11 Å². The fraction of sp³-hybridized carbons (Fsp3) is 0.625. The van der Waals surface area contributed by atoms with Crippen molar-refractivity contribution >= 4 is 0 Å². The largest absolute Gasteiger partial charge is 0.389 e. The molecule has 1 fully saturated rings. The summed E-state index contributed by atoms with van der Waals surface area (Å²) in [5, 5.41) is 10.6. The van der Waals surface area contributed by atoms with Crippen molar-refractivity contribution in [3.05, 3.63) is 34.9 Å². The van der Waals surface area contributed by atoms with Crippen LogP contribution in [0.3, 0.4) is 0 Å². The van der Waals surface area contributed by atoms with Gasteiger partial charge in [-0.25, -0.2) is 0 Å². The van der Waals surface area contributed by atoms with Gasteiger partial charge in [0.15, 0.2) is 0 Å². The van der Waals surface area contributed by atoms with Crippen LogP contribution < -0.4 is 0 Å². The van der Waals surface area contributed by atoms with Gasteiger partial charge in [0.1, 0.15) is 0 Å². The van der Waals surface area contributed by atoms with Crippen molar-refractivity contribution in [2.75, 3.05) is 0 Å². The van der Waals surface area contributed by atoms with Crippen molar-refractivity contribution in [2.24, 2.45) is 5.41 Å². The Morgan fingerprint density at radius 3 is 2.65 bits per heavy atom. The zero-order valence-electron chi connectivity index (χ0n) is 10.9. The minimum Gasteiger partial charge on any atom is -0.389 e. The van der Waals surface area contributed by atoms with Crippen LogP contribution >= 0.6 is 0 Å². The second kappa shape index (κ2) is 3.58. The van der Waals surface area contributed by atoms with E-state index in [2.05, 4.69) is 25.1 Å². The average Bonchev–Trinajstić information content (AvgIpc) is 2.88. The van der Waals surface area contributed by atoms with Crippen LogP contribution in [0.1, 0.15) is 49.8 Å². The van der Waals surface area contributed by atoms with Gasteiger partial charge in [-0.05, 0) is 61.1 Å². The Hall–Kier alpha value is -0.820. The molecule has 1 aromatic carbocycles. The SMILES string of the molecule is CC(O)(Cc1ccc2c(c1)CCC2)C1(C)CC1. The van der Waals surface area contributed by atoms with E-state index in [0.29, 0.717) is 0 Å². The van der Waals surface area contributed by atoms with Gasteiger partial charge >= 0.3 is 0 Å². The third-order valence-electron chi connectivity index (χ3n) is 5.01. The molecule has 1 aromatic rings. The molecule has 1 N–H and O–H groups in total. The number of benzene rings is 1. The number of hydrogen-bond donors (Lipinski definition) is 1. The molecule has 0 amide bonds. The van der Waals surface area contributed by atoms with Crippen molar-refractivity contribution in [2.45, 2.75) is 58.0 Å². The second-order valence-electron chi connectivity index (χ2n) is 6.47. The molecule has 0 saturated heterocycles. The van der Waals surface area contributed by atoms with Crippen molar-refractivity contribution in [3.63, 3.8) is 0 Å². The zero-order valence-corrected chi connectivity index (χ0v) is 10.9. The highest BCUT2D eigenvalue weighted by molar-refractivity contribution is 5.36. The van der Waals surface area contributed by atoms with E-state index in [0.717, 1.165) is 6.42 Å². The van der Waals surface area contributed by atoms with Gasteiger partial charge in [-0.15, -0.1) is 0 Å². The van der Waals surface area contributed by atoms with Gasteiger partial charge in [0.05, 0.1) is 5.60 Å². The van der Waals surface area contributed by atoms with Crippen LogP contribution in [0, 0.1) is 5.41 Å². The Morgan fingerprint density at radius 1 is 1.24 bits per heavy atom. The Balaban J connectivity index is 1.81. The van der Waals surface area contributed by atoms with E-state index < -0.39 is 5.60 Å². The summed E-state index contributed by atoms with van der Waals surface area (Å²) in [4.78, 5) is 0. The highest BCUT2D eigenvalue weighted by Crippen LogP contribution is 2.54. The maximum atomic E-state index is 10.6. The summed E-state index contributed by atoms with van der Waals surface area (Å²) in [6.45, 7) is 4.22. The van der Waals surface area contributed by atoms with Gasteiger partial charge in [-0.2, -0.15) is 0 Å². The molecule has 0 aromatic heterocycles. The van der Waals surface area contributed by atoms with Crippen molar-refractivity contribution in [3.8, 4) is 0 Å². The molecular weight excluding hydrogens is 208 g/mol. The molecule has 3 rings (SSSR count). The van der Waals surface area contributed by atoms with Gasteiger partial charge in [0.25, 0.3) is 0 Å². The fourth-order valence-corrected chi connectivity index (χ4v) is 3.07. The molecule has 0 radical (unpaired) electrons. The van der Waals surface area contributed by atoms with E-state index in [-0.39, 0.29) is 5.41 Å². The first-order valence-corrected chi connectivity index (χ1v) is 6.83. The molecule has 0 heterocycles. The highest BCUT2D eigenvalue weighted by atomic mass is 16.3. The summed E-state index contributed by atoms with van der Waals surface area (Å²) in [5.74, 6) is 0. The third kappa shape index (κ3) is 1.91. The van der Waals surface area contributed by atoms with E-state index in [1.807, 2.05) is 6.92 Å². The first-order chi connectivity index (χ1) is 8.00. The Kier molecular flexibility index (Phi) is 2.38. The minimum absolute atomic E-state index is 0.159. The van der Waals surface area contributed by atoms with Gasteiger partial charge in [-0.1, -0.05) is 25.1 Å². The average molecular weight is 230 g/mol. The predicted octanol–water partition coefficient (Wildman–Crippen LogP) is 3.27. The molecule has 2 aliphatic carbocycles. The molecule has 2 aliphatic rings. The first kappa shape index (κ1) is 11.3. The predicted molar refractivity (Wildman–Crippen MR) is 70.1 cm³/mol. The Bertz CT molecular complexity index is 441. The number of fused-ring (bicyclic) bond motifs is 1. The van der Waals surface area contributed by atoms with E-state index >= 15 is 0 Å². The summed E-state index contributed by atoms with van der Waals surface area (Å²) in [6.07, 6.45) is 6.91. The third-order valence-corrected chi connectivity index (χ3v) is 5.01. The van der Waals surface area contributed by atoms with Crippen LogP contribution in [0.25, 0.3) is 0 Å². The van der Waals surface area contributed by atoms with E-state index in [9.17, 15) is 5.11 Å². The van der Waals surface area contributed by atoms with Gasteiger partial charge in [0.2, 0.25) is 0 Å². The van der Waals surface area contributed by atoms with Crippen LogP contribution in [0.2, 0.25) is 0 Å². The summed E-state index contributed by atoms with van der Waals surface area (Å²) in [5.41, 5.74) is 3.96. The molecule has 1 heteroatoms. The van der Waals surface area contributed by atoms with E-state index in [1.165, 1.54) is 48.8 Å². The van der Waals surface area contributed by atoms with Crippen molar-refractivity contribution < 1.29 is 5.11 Å². The number of aryl methyl sites for hydroxylation is 2. The second-order valence-corrected chi connectivity index (χ2v) is 6.47. The quantitative estimate of drug-likeness (QED) is 0.845. The number of rotatable bonds is 3. The summed E-state index contributed by atoms with van der Waals surface area (Å²) < 4.78 is 0. The lowest BCUT2D eigenvalue weighted by Gasteiger charge is -2.30. The molecule has 17 heavy (non-hydrogen) atoms. The monoisotopic (exact) mass is 230 g/mol. The molecule has 0 bridgehead atoms. The van der Waals surface area contributed by atoms with Crippen LogP contribution in [0.15, 0.2) is 18.2 Å². The van der Waals surface area contributed by atoms with Gasteiger partial charge in [-0.3, -0.25) is 0 Å². The highest BCUT2D eigenvalue weighted by Gasteiger charge is 2.51. The van der Waals surface area contributed by atoms with E-state index in [1.54, 1.807) is 0 Å². The lowest BCUT2D eigenvalue weighted by atomic mass is 9.82. The minimum atomic E-state index is -0.542. The maximum Gasteiger partial charge on any atom is 0.0713 e. The molecular formula is C16H22O. The summed E-state index contributed by atoms with van der Waals surface area (Å²) >= 11 is 0. The van der Waals surface area contributed by atoms with Crippen LogP contribution in [0.4, 0.5) is 0 Å².